The van der Waals surface area contributed by atoms with Crippen LogP contribution in [-0.2, 0) is 14.2 Å². The molecule has 0 aromatic heterocycles. The topological polar surface area (TPSA) is 44.8 Å². The second-order valence-electron chi connectivity index (χ2n) is 7.01. The minimum Gasteiger partial charge on any atom is -0.459 e. The van der Waals surface area contributed by atoms with Gasteiger partial charge in [0.25, 0.3) is 0 Å². The van der Waals surface area contributed by atoms with E-state index in [0.29, 0.717) is 24.7 Å². The number of carbonyl (C=O) groups is 1. The third kappa shape index (κ3) is 5.82. The summed E-state index contributed by atoms with van der Waals surface area (Å²) in [7, 11) is 0. The van der Waals surface area contributed by atoms with E-state index in [1.54, 1.807) is 12.1 Å². The summed E-state index contributed by atoms with van der Waals surface area (Å²) in [5.74, 6) is 0.955. The molecular weight excluding hydrogens is 316 g/mol. The Morgan fingerprint density at radius 3 is 2.04 bits per heavy atom. The zero-order valence-corrected chi connectivity index (χ0v) is 16.0. The Bertz CT molecular complexity index is 509. The second-order valence-corrected chi connectivity index (χ2v) is 7.01. The molecule has 1 aromatic carbocycles. The van der Waals surface area contributed by atoms with E-state index in [1.165, 1.54) is 0 Å². The van der Waals surface area contributed by atoms with Gasteiger partial charge in [0.2, 0.25) is 0 Å². The van der Waals surface area contributed by atoms with Crippen LogP contribution in [0.25, 0.3) is 0 Å². The van der Waals surface area contributed by atoms with E-state index in [0.717, 1.165) is 37.2 Å². The molecule has 0 N–H and O–H groups in total. The number of rotatable bonds is 3. The van der Waals surface area contributed by atoms with E-state index in [9.17, 15) is 4.79 Å². The van der Waals surface area contributed by atoms with E-state index >= 15 is 0 Å². The van der Waals surface area contributed by atoms with Crippen molar-refractivity contribution in [1.29, 1.82) is 0 Å². The molecule has 0 radical (unpaired) electrons. The van der Waals surface area contributed by atoms with Gasteiger partial charge in [0.1, 0.15) is 6.10 Å². The fraction of sp³-hybridized carbons (Fsp3) is 0.667. The van der Waals surface area contributed by atoms with E-state index < -0.39 is 0 Å². The lowest BCUT2D eigenvalue weighted by atomic mass is 9.89. The minimum atomic E-state index is -0.323. The highest BCUT2D eigenvalue weighted by molar-refractivity contribution is 5.89. The summed E-state index contributed by atoms with van der Waals surface area (Å²) in [6.07, 6.45) is 4.00. The number of carbonyl (C=O) groups excluding carboxylic acids is 1. The standard InChI is InChI=1S/C19H26O4.C2H6/c1-13-3-9-17(10-4-13)23-18(20)15-5-7-16(8-6-15)19-21-11-14(2)12-22-19;1-2/h5-8,13-14,17,19H,3-4,9-12H2,1-2H3;1-2H3. The normalized spacial score (nSPS) is 29.3. The van der Waals surface area contributed by atoms with Crippen molar-refractivity contribution in [2.24, 2.45) is 11.8 Å². The van der Waals surface area contributed by atoms with E-state index in [1.807, 2.05) is 26.0 Å². The molecule has 0 unspecified atom stereocenters. The average Bonchev–Trinajstić information content (AvgIpc) is 2.66. The van der Waals surface area contributed by atoms with Crippen molar-refractivity contribution in [1.82, 2.24) is 0 Å². The molecule has 4 heteroatoms. The van der Waals surface area contributed by atoms with Gasteiger partial charge in [0.05, 0.1) is 18.8 Å². The highest BCUT2D eigenvalue weighted by Crippen LogP contribution is 2.27. The average molecular weight is 348 g/mol. The number of hydrogen-bond donors (Lipinski definition) is 0. The molecule has 3 rings (SSSR count). The van der Waals surface area contributed by atoms with Crippen LogP contribution in [0, 0.1) is 11.8 Å². The van der Waals surface area contributed by atoms with Gasteiger partial charge in [-0.05, 0) is 43.7 Å². The highest BCUT2D eigenvalue weighted by Gasteiger charge is 2.23. The molecule has 1 aliphatic carbocycles. The second kappa shape index (κ2) is 9.93. The quantitative estimate of drug-likeness (QED) is 0.710. The Labute approximate surface area is 151 Å². The Morgan fingerprint density at radius 2 is 1.48 bits per heavy atom. The van der Waals surface area contributed by atoms with E-state index in [2.05, 4.69) is 13.8 Å². The molecule has 1 saturated heterocycles. The molecule has 1 aromatic rings. The summed E-state index contributed by atoms with van der Waals surface area (Å²) in [5, 5.41) is 0. The lowest BCUT2D eigenvalue weighted by molar-refractivity contribution is -0.202. The lowest BCUT2D eigenvalue weighted by Crippen LogP contribution is -2.25. The van der Waals surface area contributed by atoms with E-state index in [4.69, 9.17) is 14.2 Å². The van der Waals surface area contributed by atoms with Crippen LogP contribution < -0.4 is 0 Å². The van der Waals surface area contributed by atoms with Gasteiger partial charge in [-0.15, -0.1) is 0 Å². The minimum absolute atomic E-state index is 0.0740. The molecule has 2 fully saturated rings. The lowest BCUT2D eigenvalue weighted by Gasteiger charge is -2.27. The fourth-order valence-electron chi connectivity index (χ4n) is 3.14. The van der Waals surface area contributed by atoms with Crippen LogP contribution in [0.3, 0.4) is 0 Å². The molecule has 0 spiro atoms. The summed E-state index contributed by atoms with van der Waals surface area (Å²) in [6, 6.07) is 7.38. The molecule has 25 heavy (non-hydrogen) atoms. The summed E-state index contributed by atoms with van der Waals surface area (Å²) < 4.78 is 17.0. The molecule has 0 bridgehead atoms. The first-order chi connectivity index (χ1) is 12.1. The third-order valence-electron chi connectivity index (χ3n) is 4.72. The summed E-state index contributed by atoms with van der Waals surface area (Å²) in [6.45, 7) is 9.76. The number of hydrogen-bond acceptors (Lipinski definition) is 4. The van der Waals surface area contributed by atoms with Crippen LogP contribution in [-0.4, -0.2) is 25.3 Å². The third-order valence-corrected chi connectivity index (χ3v) is 4.72. The van der Waals surface area contributed by atoms with Gasteiger partial charge in [-0.1, -0.05) is 39.8 Å². The van der Waals surface area contributed by atoms with Crippen molar-refractivity contribution in [2.45, 2.75) is 65.8 Å². The maximum absolute atomic E-state index is 12.2. The van der Waals surface area contributed by atoms with Gasteiger partial charge >= 0.3 is 5.97 Å². The predicted octanol–water partition coefficient (Wildman–Crippen LogP) is 5.13. The molecule has 1 heterocycles. The number of ether oxygens (including phenoxy) is 3. The van der Waals surface area contributed by atoms with Gasteiger partial charge in [-0.3, -0.25) is 0 Å². The first-order valence-corrected chi connectivity index (χ1v) is 9.66. The maximum Gasteiger partial charge on any atom is 0.338 e. The summed E-state index contributed by atoms with van der Waals surface area (Å²) in [4.78, 5) is 12.2. The van der Waals surface area contributed by atoms with Gasteiger partial charge < -0.3 is 14.2 Å². The smallest absolute Gasteiger partial charge is 0.338 e. The summed E-state index contributed by atoms with van der Waals surface area (Å²) in [5.41, 5.74) is 1.54. The first kappa shape index (κ1) is 19.9. The Morgan fingerprint density at radius 1 is 0.920 bits per heavy atom. The summed E-state index contributed by atoms with van der Waals surface area (Å²) >= 11 is 0. The fourth-order valence-corrected chi connectivity index (χ4v) is 3.14. The monoisotopic (exact) mass is 348 g/mol. The van der Waals surface area contributed by atoms with Crippen molar-refractivity contribution in [3.63, 3.8) is 0 Å². The largest absolute Gasteiger partial charge is 0.459 e. The predicted molar refractivity (Wildman–Crippen MR) is 98.4 cm³/mol. The van der Waals surface area contributed by atoms with Crippen LogP contribution in [0.2, 0.25) is 0 Å². The Kier molecular flexibility index (Phi) is 7.91. The molecule has 2 aliphatic rings. The Balaban J connectivity index is 0.00000109. The molecule has 4 nitrogen and oxygen atoms in total. The highest BCUT2D eigenvalue weighted by atomic mass is 16.7. The zero-order chi connectivity index (χ0) is 18.2. The van der Waals surface area contributed by atoms with Crippen molar-refractivity contribution in [3.05, 3.63) is 35.4 Å². The SMILES string of the molecule is CC.CC1CCC(OC(=O)c2ccc(C3OCC(C)CO3)cc2)CC1. The molecule has 140 valence electrons. The van der Waals surface area contributed by atoms with Crippen LogP contribution in [0.4, 0.5) is 0 Å². The molecule has 0 amide bonds. The van der Waals surface area contributed by atoms with Gasteiger partial charge in [-0.2, -0.15) is 0 Å². The Hall–Kier alpha value is -1.39. The molecule has 1 aliphatic heterocycles. The van der Waals surface area contributed by atoms with Crippen molar-refractivity contribution in [3.8, 4) is 0 Å². The zero-order valence-electron chi connectivity index (χ0n) is 16.0. The first-order valence-electron chi connectivity index (χ1n) is 9.66. The van der Waals surface area contributed by atoms with Gasteiger partial charge in [-0.25, -0.2) is 4.79 Å². The number of benzene rings is 1. The van der Waals surface area contributed by atoms with Crippen LogP contribution in [0.1, 0.15) is 75.6 Å². The van der Waals surface area contributed by atoms with Gasteiger partial charge in [0, 0.05) is 11.5 Å². The van der Waals surface area contributed by atoms with E-state index in [-0.39, 0.29) is 18.4 Å². The van der Waals surface area contributed by atoms with Crippen LogP contribution >= 0.6 is 0 Å². The molecule has 0 atom stereocenters. The van der Waals surface area contributed by atoms with Gasteiger partial charge in [0.15, 0.2) is 6.29 Å². The number of esters is 1. The van der Waals surface area contributed by atoms with Crippen LogP contribution in [0.5, 0.6) is 0 Å². The van der Waals surface area contributed by atoms with Crippen molar-refractivity contribution >= 4 is 5.97 Å². The van der Waals surface area contributed by atoms with Crippen molar-refractivity contribution < 1.29 is 19.0 Å². The molecule has 1 saturated carbocycles. The van der Waals surface area contributed by atoms with Crippen LogP contribution in [0.15, 0.2) is 24.3 Å². The molecular formula is C21H32O4. The van der Waals surface area contributed by atoms with Crippen molar-refractivity contribution in [2.75, 3.05) is 13.2 Å². The maximum atomic E-state index is 12.2.